The Morgan fingerprint density at radius 1 is 0.895 bits per heavy atom. The fourth-order valence-electron chi connectivity index (χ4n) is 2.45. The van der Waals surface area contributed by atoms with Gasteiger partial charge in [0.15, 0.2) is 0 Å². The summed E-state index contributed by atoms with van der Waals surface area (Å²) in [6, 6.07) is 0.403. The van der Waals surface area contributed by atoms with Crippen molar-refractivity contribution in [2.75, 3.05) is 39.6 Å². The second-order valence-electron chi connectivity index (χ2n) is 5.33. The Kier molecular flexibility index (Phi) is 10.4. The number of rotatable bonds is 12. The number of unbranched alkanes of at least 4 members (excludes halogenated alkanes) is 1. The number of nitrogens with two attached hydrogens (primary N) is 1. The molecule has 0 aromatic carbocycles. The predicted molar refractivity (Wildman–Crippen MR) is 77.3 cm³/mol. The van der Waals surface area contributed by atoms with Crippen LogP contribution in [0.15, 0.2) is 0 Å². The van der Waals surface area contributed by atoms with Gasteiger partial charge in [-0.2, -0.15) is 0 Å². The Morgan fingerprint density at radius 2 is 1.53 bits per heavy atom. The van der Waals surface area contributed by atoms with E-state index in [0.717, 1.165) is 26.1 Å². The van der Waals surface area contributed by atoms with Gasteiger partial charge >= 0.3 is 0 Å². The van der Waals surface area contributed by atoms with E-state index in [1.807, 2.05) is 0 Å². The molecule has 1 rings (SSSR count). The summed E-state index contributed by atoms with van der Waals surface area (Å²) in [5, 5.41) is 0. The maximum absolute atomic E-state index is 6.02. The lowest BCUT2D eigenvalue weighted by Crippen LogP contribution is -2.25. The van der Waals surface area contributed by atoms with Gasteiger partial charge in [0.1, 0.15) is 0 Å². The van der Waals surface area contributed by atoms with E-state index in [1.54, 1.807) is 0 Å². The first-order chi connectivity index (χ1) is 9.34. The summed E-state index contributed by atoms with van der Waals surface area (Å²) in [6.07, 6.45) is 7.15. The zero-order valence-corrected chi connectivity index (χ0v) is 12.4. The Bertz CT molecular complexity index is 202. The van der Waals surface area contributed by atoms with Crippen LogP contribution in [0.2, 0.25) is 0 Å². The highest BCUT2D eigenvalue weighted by molar-refractivity contribution is 4.79. The molecule has 0 aromatic rings. The lowest BCUT2D eigenvalue weighted by Gasteiger charge is -2.14. The maximum Gasteiger partial charge on any atom is 0.0701 e. The van der Waals surface area contributed by atoms with Gasteiger partial charge in [-0.1, -0.05) is 19.8 Å². The van der Waals surface area contributed by atoms with Gasteiger partial charge in [0.2, 0.25) is 0 Å². The normalized spacial score (nSPS) is 23.1. The molecule has 0 aromatic heterocycles. The van der Waals surface area contributed by atoms with Crippen molar-refractivity contribution in [3.05, 3.63) is 0 Å². The van der Waals surface area contributed by atoms with Crippen LogP contribution in [0.1, 0.15) is 45.4 Å². The Hall–Kier alpha value is -0.160. The molecule has 0 saturated heterocycles. The largest absolute Gasteiger partial charge is 0.379 e. The van der Waals surface area contributed by atoms with Crippen LogP contribution in [0.5, 0.6) is 0 Å². The zero-order chi connectivity index (χ0) is 13.8. The molecule has 4 nitrogen and oxygen atoms in total. The summed E-state index contributed by atoms with van der Waals surface area (Å²) < 4.78 is 16.4. The van der Waals surface area contributed by atoms with Crippen molar-refractivity contribution in [2.45, 2.75) is 51.5 Å². The summed E-state index contributed by atoms with van der Waals surface area (Å²) in [5.74, 6) is 0.674. The maximum atomic E-state index is 6.02. The Morgan fingerprint density at radius 3 is 2.11 bits per heavy atom. The molecule has 0 heterocycles. The van der Waals surface area contributed by atoms with Gasteiger partial charge in [-0.25, -0.2) is 0 Å². The Labute approximate surface area is 118 Å². The molecular weight excluding hydrogens is 242 g/mol. The Balaban J connectivity index is 1.74. The molecule has 0 bridgehead atoms. The number of hydrogen-bond donors (Lipinski definition) is 1. The van der Waals surface area contributed by atoms with Gasteiger partial charge in [-0.05, 0) is 31.6 Å². The molecule has 19 heavy (non-hydrogen) atoms. The molecule has 0 amide bonds. The average molecular weight is 273 g/mol. The number of ether oxygens (including phenoxy) is 3. The van der Waals surface area contributed by atoms with E-state index in [9.17, 15) is 0 Å². The second kappa shape index (κ2) is 11.6. The van der Waals surface area contributed by atoms with Gasteiger partial charge in [0, 0.05) is 19.3 Å². The van der Waals surface area contributed by atoms with Crippen LogP contribution in [0, 0.1) is 5.92 Å². The lowest BCUT2D eigenvalue weighted by molar-refractivity contribution is 0.0117. The summed E-state index contributed by atoms with van der Waals surface area (Å²) >= 11 is 0. The van der Waals surface area contributed by atoms with E-state index in [2.05, 4.69) is 6.92 Å². The summed E-state index contributed by atoms with van der Waals surface area (Å²) in [7, 11) is 0. The molecule has 2 N–H and O–H groups in total. The first kappa shape index (κ1) is 16.9. The first-order valence-electron chi connectivity index (χ1n) is 7.83. The van der Waals surface area contributed by atoms with Gasteiger partial charge in [0.05, 0.1) is 26.4 Å². The van der Waals surface area contributed by atoms with E-state index in [1.165, 1.54) is 25.7 Å². The molecule has 4 heteroatoms. The minimum atomic E-state index is 0.403. The summed E-state index contributed by atoms with van der Waals surface area (Å²) in [6.45, 7) is 6.52. The van der Waals surface area contributed by atoms with Crippen LogP contribution >= 0.6 is 0 Å². The van der Waals surface area contributed by atoms with Crippen molar-refractivity contribution < 1.29 is 14.2 Å². The quantitative estimate of drug-likeness (QED) is 0.555. The van der Waals surface area contributed by atoms with Crippen molar-refractivity contribution in [1.29, 1.82) is 0 Å². The highest BCUT2D eigenvalue weighted by atomic mass is 16.5. The van der Waals surface area contributed by atoms with Gasteiger partial charge in [-0.3, -0.25) is 0 Å². The van der Waals surface area contributed by atoms with Gasteiger partial charge < -0.3 is 19.9 Å². The summed E-state index contributed by atoms with van der Waals surface area (Å²) in [4.78, 5) is 0. The topological polar surface area (TPSA) is 53.7 Å². The van der Waals surface area contributed by atoms with Crippen LogP contribution in [0.25, 0.3) is 0 Å². The fourth-order valence-corrected chi connectivity index (χ4v) is 2.45. The minimum absolute atomic E-state index is 0.403. The van der Waals surface area contributed by atoms with Crippen molar-refractivity contribution in [3.63, 3.8) is 0 Å². The second-order valence-corrected chi connectivity index (χ2v) is 5.33. The van der Waals surface area contributed by atoms with Crippen molar-refractivity contribution >= 4 is 0 Å². The van der Waals surface area contributed by atoms with Gasteiger partial charge in [0.25, 0.3) is 0 Å². The van der Waals surface area contributed by atoms with Crippen LogP contribution in [-0.4, -0.2) is 45.7 Å². The third-order valence-electron chi connectivity index (χ3n) is 3.74. The molecule has 114 valence electrons. The van der Waals surface area contributed by atoms with Crippen molar-refractivity contribution in [3.8, 4) is 0 Å². The third-order valence-corrected chi connectivity index (χ3v) is 3.74. The minimum Gasteiger partial charge on any atom is -0.379 e. The zero-order valence-electron chi connectivity index (χ0n) is 12.4. The molecule has 0 radical (unpaired) electrons. The highest BCUT2D eigenvalue weighted by Gasteiger charge is 2.22. The third kappa shape index (κ3) is 8.58. The van der Waals surface area contributed by atoms with E-state index >= 15 is 0 Å². The SMILES string of the molecule is CCCCOCCOCCOCCC1CCCC1N. The highest BCUT2D eigenvalue weighted by Crippen LogP contribution is 2.26. The van der Waals surface area contributed by atoms with Crippen molar-refractivity contribution in [1.82, 2.24) is 0 Å². The van der Waals surface area contributed by atoms with Crippen molar-refractivity contribution in [2.24, 2.45) is 11.7 Å². The molecule has 1 aliphatic rings. The molecule has 1 aliphatic carbocycles. The smallest absolute Gasteiger partial charge is 0.0701 e. The molecule has 1 saturated carbocycles. The van der Waals surface area contributed by atoms with Gasteiger partial charge in [-0.15, -0.1) is 0 Å². The van der Waals surface area contributed by atoms with E-state index in [4.69, 9.17) is 19.9 Å². The molecule has 2 unspecified atom stereocenters. The van der Waals surface area contributed by atoms with E-state index < -0.39 is 0 Å². The lowest BCUT2D eigenvalue weighted by atomic mass is 10.0. The number of hydrogen-bond acceptors (Lipinski definition) is 4. The van der Waals surface area contributed by atoms with E-state index in [0.29, 0.717) is 38.4 Å². The average Bonchev–Trinajstić information content (AvgIpc) is 2.82. The van der Waals surface area contributed by atoms with Crippen LogP contribution < -0.4 is 5.73 Å². The van der Waals surface area contributed by atoms with E-state index in [-0.39, 0.29) is 0 Å². The molecule has 2 atom stereocenters. The molecule has 0 spiro atoms. The summed E-state index contributed by atoms with van der Waals surface area (Å²) in [5.41, 5.74) is 6.02. The predicted octanol–water partition coefficient (Wildman–Crippen LogP) is 2.35. The first-order valence-corrected chi connectivity index (χ1v) is 7.83. The van der Waals surface area contributed by atoms with Crippen LogP contribution in [0.3, 0.4) is 0 Å². The molecular formula is C15H31NO3. The fraction of sp³-hybridized carbons (Fsp3) is 1.00. The molecule has 0 aliphatic heterocycles. The monoisotopic (exact) mass is 273 g/mol. The standard InChI is InChI=1S/C15H31NO3/c1-2-3-8-17-10-12-19-13-11-18-9-7-14-5-4-6-15(14)16/h14-15H,2-13,16H2,1H3. The van der Waals surface area contributed by atoms with Crippen LogP contribution in [0.4, 0.5) is 0 Å². The molecule has 1 fully saturated rings. The van der Waals surface area contributed by atoms with Crippen LogP contribution in [-0.2, 0) is 14.2 Å².